The first-order valence-electron chi connectivity index (χ1n) is 9.83. The number of hydrogen-bond acceptors (Lipinski definition) is 3. The van der Waals surface area contributed by atoms with E-state index in [-0.39, 0.29) is 0 Å². The summed E-state index contributed by atoms with van der Waals surface area (Å²) in [6.07, 6.45) is 4.41. The summed E-state index contributed by atoms with van der Waals surface area (Å²) in [5, 5.41) is 5.13. The van der Waals surface area contributed by atoms with E-state index in [4.69, 9.17) is 28.9 Å². The minimum Gasteiger partial charge on any atom is -0.361 e. The Bertz CT molecular complexity index is 1410. The summed E-state index contributed by atoms with van der Waals surface area (Å²) in [5.41, 5.74) is 9.37. The Labute approximate surface area is 187 Å². The number of nitrogens with two attached hydrogens (primary N) is 1. The van der Waals surface area contributed by atoms with Gasteiger partial charge in [0.2, 0.25) is 0 Å². The molecular weight excluding hydrogens is 435 g/mol. The summed E-state index contributed by atoms with van der Waals surface area (Å²) in [4.78, 5) is 29.0. The van der Waals surface area contributed by atoms with E-state index < -0.39 is 11.8 Å². The number of H-pyrrole nitrogens is 1. The highest BCUT2D eigenvalue weighted by Crippen LogP contribution is 2.39. The van der Waals surface area contributed by atoms with Gasteiger partial charge in [0.15, 0.2) is 0 Å². The quantitative estimate of drug-likeness (QED) is 0.393. The van der Waals surface area contributed by atoms with E-state index in [0.29, 0.717) is 45.4 Å². The van der Waals surface area contributed by atoms with Gasteiger partial charge in [0.1, 0.15) is 0 Å². The number of aryl methyl sites for hydroxylation is 1. The van der Waals surface area contributed by atoms with Crippen LogP contribution in [0.15, 0.2) is 48.8 Å². The summed E-state index contributed by atoms with van der Waals surface area (Å²) in [7, 11) is 0. The molecule has 0 saturated carbocycles. The highest BCUT2D eigenvalue weighted by molar-refractivity contribution is 6.51. The van der Waals surface area contributed by atoms with Crippen molar-refractivity contribution in [2.75, 3.05) is 6.54 Å². The van der Waals surface area contributed by atoms with Crippen LogP contribution in [0.25, 0.3) is 33.0 Å². The molecule has 2 aromatic carbocycles. The molecule has 0 saturated heterocycles. The van der Waals surface area contributed by atoms with Crippen LogP contribution < -0.4 is 11.1 Å². The Balaban J connectivity index is 1.81. The summed E-state index contributed by atoms with van der Waals surface area (Å²) < 4.78 is 2.04. The Morgan fingerprint density at radius 2 is 1.58 bits per heavy atom. The van der Waals surface area contributed by atoms with Crippen molar-refractivity contribution in [3.8, 4) is 0 Å². The molecule has 31 heavy (non-hydrogen) atoms. The zero-order valence-corrected chi connectivity index (χ0v) is 17.8. The molecule has 6 nitrogen and oxygen atoms in total. The summed E-state index contributed by atoms with van der Waals surface area (Å²) >= 11 is 12.5. The number of carbonyl (C=O) groups is 2. The SMILES string of the molecule is NCCCn1cc(C2=C(c3c[nH]c4ccc(Cl)cc34)C(=O)NC2=O)c2cc(Cl)ccc21. The van der Waals surface area contributed by atoms with Gasteiger partial charge in [0.05, 0.1) is 11.1 Å². The second kappa shape index (κ2) is 7.57. The summed E-state index contributed by atoms with van der Waals surface area (Å²) in [5.74, 6) is -0.875. The Morgan fingerprint density at radius 3 is 2.32 bits per heavy atom. The lowest BCUT2D eigenvalue weighted by Gasteiger charge is -2.03. The van der Waals surface area contributed by atoms with Gasteiger partial charge in [-0.15, -0.1) is 0 Å². The summed E-state index contributed by atoms with van der Waals surface area (Å²) in [6, 6.07) is 10.9. The normalized spacial score (nSPS) is 14.3. The van der Waals surface area contributed by atoms with Gasteiger partial charge in [-0.2, -0.15) is 0 Å². The van der Waals surface area contributed by atoms with Gasteiger partial charge in [-0.1, -0.05) is 23.2 Å². The molecule has 0 bridgehead atoms. The average Bonchev–Trinajstić information content (AvgIpc) is 3.38. The van der Waals surface area contributed by atoms with Crippen LogP contribution in [0.5, 0.6) is 0 Å². The third kappa shape index (κ3) is 3.24. The van der Waals surface area contributed by atoms with E-state index >= 15 is 0 Å². The topological polar surface area (TPSA) is 92.9 Å². The fourth-order valence-corrected chi connectivity index (χ4v) is 4.53. The van der Waals surface area contributed by atoms with Crippen molar-refractivity contribution >= 4 is 68.0 Å². The molecule has 3 heterocycles. The van der Waals surface area contributed by atoms with Gasteiger partial charge in [0, 0.05) is 61.9 Å². The molecule has 4 N–H and O–H groups in total. The van der Waals surface area contributed by atoms with E-state index in [1.54, 1.807) is 18.3 Å². The van der Waals surface area contributed by atoms with E-state index in [1.165, 1.54) is 0 Å². The van der Waals surface area contributed by atoms with Crippen molar-refractivity contribution in [2.24, 2.45) is 5.73 Å². The molecule has 2 amide bonds. The monoisotopic (exact) mass is 452 g/mol. The predicted molar refractivity (Wildman–Crippen MR) is 124 cm³/mol. The van der Waals surface area contributed by atoms with Crippen LogP contribution in [0, 0.1) is 0 Å². The Kier molecular flexibility index (Phi) is 4.85. The second-order valence-electron chi connectivity index (χ2n) is 7.47. The number of rotatable bonds is 5. The van der Waals surface area contributed by atoms with Gasteiger partial charge < -0.3 is 15.3 Å². The molecule has 8 heteroatoms. The fourth-order valence-electron chi connectivity index (χ4n) is 4.18. The number of amides is 2. The lowest BCUT2D eigenvalue weighted by atomic mass is 9.95. The molecule has 0 atom stereocenters. The molecule has 4 aromatic rings. The molecule has 0 unspecified atom stereocenters. The Morgan fingerprint density at radius 1 is 0.903 bits per heavy atom. The standard InChI is InChI=1S/C23H18Cl2N4O2/c24-12-2-4-18-14(8-12)16(10-27-18)20-21(23(31)28-22(20)30)17-11-29(7-1-6-26)19-5-3-13(25)9-15(17)19/h2-5,8-11,27H,1,6-7,26H2,(H,28,30,31). The number of hydrogen-bond donors (Lipinski definition) is 3. The number of nitrogens with zero attached hydrogens (tertiary/aromatic N) is 1. The molecule has 2 aromatic heterocycles. The minimum absolute atomic E-state index is 0.316. The highest BCUT2D eigenvalue weighted by atomic mass is 35.5. The molecule has 0 spiro atoms. The van der Waals surface area contributed by atoms with Crippen LogP contribution in [-0.2, 0) is 16.1 Å². The number of halogens is 2. The Hall–Kier alpha value is -3.06. The van der Waals surface area contributed by atoms with Gasteiger partial charge in [-0.3, -0.25) is 14.9 Å². The molecular formula is C23H18Cl2N4O2. The molecule has 0 fully saturated rings. The molecule has 0 radical (unpaired) electrons. The largest absolute Gasteiger partial charge is 0.361 e. The zero-order valence-electron chi connectivity index (χ0n) is 16.3. The van der Waals surface area contributed by atoms with Crippen LogP contribution in [0.1, 0.15) is 17.5 Å². The predicted octanol–water partition coefficient (Wildman–Crippen LogP) is 4.35. The van der Waals surface area contributed by atoms with Gasteiger partial charge >= 0.3 is 0 Å². The fraction of sp³-hybridized carbons (Fsp3) is 0.130. The first-order valence-corrected chi connectivity index (χ1v) is 10.6. The van der Waals surface area contributed by atoms with Crippen LogP contribution in [0.3, 0.4) is 0 Å². The van der Waals surface area contributed by atoms with Crippen molar-refractivity contribution in [3.63, 3.8) is 0 Å². The third-order valence-corrected chi connectivity index (χ3v) is 6.03. The molecule has 1 aliphatic rings. The van der Waals surface area contributed by atoms with Crippen molar-refractivity contribution in [1.82, 2.24) is 14.9 Å². The maximum atomic E-state index is 13.0. The van der Waals surface area contributed by atoms with E-state index in [0.717, 1.165) is 28.2 Å². The second-order valence-corrected chi connectivity index (χ2v) is 8.34. The zero-order chi connectivity index (χ0) is 21.7. The number of aromatic amines is 1. The number of carbonyl (C=O) groups excluding carboxylic acids is 2. The van der Waals surface area contributed by atoms with Crippen molar-refractivity contribution < 1.29 is 9.59 Å². The van der Waals surface area contributed by atoms with Crippen LogP contribution in [0.4, 0.5) is 0 Å². The first kappa shape index (κ1) is 19.9. The van der Waals surface area contributed by atoms with E-state index in [1.807, 2.05) is 35.0 Å². The van der Waals surface area contributed by atoms with Gasteiger partial charge in [-0.05, 0) is 49.4 Å². The number of fused-ring (bicyclic) bond motifs is 2. The van der Waals surface area contributed by atoms with Gasteiger partial charge in [-0.25, -0.2) is 0 Å². The number of aromatic nitrogens is 2. The molecule has 5 rings (SSSR count). The molecule has 0 aliphatic carbocycles. The number of imide groups is 1. The maximum absolute atomic E-state index is 13.0. The van der Waals surface area contributed by atoms with Crippen molar-refractivity contribution in [2.45, 2.75) is 13.0 Å². The van der Waals surface area contributed by atoms with Crippen molar-refractivity contribution in [1.29, 1.82) is 0 Å². The third-order valence-electron chi connectivity index (χ3n) is 5.56. The number of nitrogens with one attached hydrogen (secondary N) is 2. The van der Waals surface area contributed by atoms with Crippen LogP contribution in [-0.4, -0.2) is 27.9 Å². The maximum Gasteiger partial charge on any atom is 0.259 e. The van der Waals surface area contributed by atoms with E-state index in [9.17, 15) is 9.59 Å². The lowest BCUT2D eigenvalue weighted by Crippen LogP contribution is -2.22. The van der Waals surface area contributed by atoms with Crippen molar-refractivity contribution in [3.05, 3.63) is 70.0 Å². The molecule has 1 aliphatic heterocycles. The smallest absolute Gasteiger partial charge is 0.259 e. The van der Waals surface area contributed by atoms with Gasteiger partial charge in [0.25, 0.3) is 11.8 Å². The highest BCUT2D eigenvalue weighted by Gasteiger charge is 2.35. The van der Waals surface area contributed by atoms with Crippen LogP contribution >= 0.6 is 23.2 Å². The lowest BCUT2D eigenvalue weighted by molar-refractivity contribution is -0.122. The minimum atomic E-state index is -0.439. The molecule has 156 valence electrons. The summed E-state index contributed by atoms with van der Waals surface area (Å²) in [6.45, 7) is 1.24. The van der Waals surface area contributed by atoms with Crippen LogP contribution in [0.2, 0.25) is 10.0 Å². The average molecular weight is 453 g/mol. The van der Waals surface area contributed by atoms with E-state index in [2.05, 4.69) is 10.3 Å². The number of benzene rings is 2. The first-order chi connectivity index (χ1) is 15.0.